The Morgan fingerprint density at radius 3 is 2.83 bits per heavy atom. The minimum Gasteiger partial charge on any atom is -0.491 e. The van der Waals surface area contributed by atoms with Gasteiger partial charge in [0, 0.05) is 25.3 Å². The monoisotopic (exact) mass is 334 g/mol. The summed E-state index contributed by atoms with van der Waals surface area (Å²) in [6.07, 6.45) is -0.0778. The molecule has 0 aliphatic heterocycles. The van der Waals surface area contributed by atoms with E-state index in [0.717, 1.165) is 5.69 Å². The fourth-order valence-corrected chi connectivity index (χ4v) is 2.44. The molecule has 0 aliphatic rings. The van der Waals surface area contributed by atoms with Gasteiger partial charge in [-0.15, -0.1) is 0 Å². The van der Waals surface area contributed by atoms with E-state index in [0.29, 0.717) is 29.4 Å². The Morgan fingerprint density at radius 1 is 1.30 bits per heavy atom. The van der Waals surface area contributed by atoms with Crippen LogP contribution < -0.4 is 15.0 Å². The number of hydrogen-bond donors (Lipinski definition) is 2. The number of rotatable bonds is 8. The summed E-state index contributed by atoms with van der Waals surface area (Å²) >= 11 is 6.13. The molecule has 0 saturated carbocycles. The maximum absolute atomic E-state index is 10.4. The van der Waals surface area contributed by atoms with E-state index in [2.05, 4.69) is 5.32 Å². The molecule has 0 aromatic heterocycles. The number of aliphatic hydroxyl groups is 1. The summed E-state index contributed by atoms with van der Waals surface area (Å²) < 4.78 is 5.56. The minimum absolute atomic E-state index is 0.138. The Hall–Kier alpha value is -2.24. The highest BCUT2D eigenvalue weighted by atomic mass is 35.5. The zero-order valence-corrected chi connectivity index (χ0v) is 13.5. The molecule has 2 aromatic rings. The van der Waals surface area contributed by atoms with E-state index in [1.165, 1.54) is 0 Å². The van der Waals surface area contributed by atoms with Crippen LogP contribution in [0.3, 0.4) is 0 Å². The van der Waals surface area contributed by atoms with Gasteiger partial charge < -0.3 is 20.1 Å². The lowest BCUT2D eigenvalue weighted by Crippen LogP contribution is -2.33. The van der Waals surface area contributed by atoms with E-state index in [1.807, 2.05) is 36.2 Å². The molecule has 2 rings (SSSR count). The number of hydrogen-bond acceptors (Lipinski definition) is 4. The number of carbonyl (C=O) groups excluding carboxylic acids is 1. The van der Waals surface area contributed by atoms with Crippen molar-refractivity contribution >= 4 is 29.4 Å². The molecule has 0 aliphatic carbocycles. The first-order valence-corrected chi connectivity index (χ1v) is 7.54. The van der Waals surface area contributed by atoms with Gasteiger partial charge in [0.15, 0.2) is 0 Å². The van der Waals surface area contributed by atoms with Gasteiger partial charge in [-0.3, -0.25) is 4.79 Å². The smallest absolute Gasteiger partial charge is 0.211 e. The number of amides is 1. The van der Waals surface area contributed by atoms with Gasteiger partial charge in [0.2, 0.25) is 6.41 Å². The van der Waals surface area contributed by atoms with Crippen molar-refractivity contribution in [3.63, 3.8) is 0 Å². The maximum Gasteiger partial charge on any atom is 0.211 e. The van der Waals surface area contributed by atoms with Crippen LogP contribution in [0.2, 0.25) is 5.02 Å². The standard InChI is InChI=1S/C17H19ClN2O3/c1-20(17-8-3-2-7-16(17)18)10-14(22)11-23-15-6-4-5-13(9-15)19-12-21/h2-9,12,14,22H,10-11H2,1H3,(H,19,21). The molecule has 6 heteroatoms. The molecule has 0 heterocycles. The second-order valence-electron chi connectivity index (χ2n) is 5.09. The van der Waals surface area contributed by atoms with Gasteiger partial charge in [0.1, 0.15) is 18.5 Å². The van der Waals surface area contributed by atoms with E-state index in [4.69, 9.17) is 16.3 Å². The normalized spacial score (nSPS) is 11.6. The van der Waals surface area contributed by atoms with Gasteiger partial charge in [-0.05, 0) is 24.3 Å². The highest BCUT2D eigenvalue weighted by molar-refractivity contribution is 6.33. The van der Waals surface area contributed by atoms with Crippen LogP contribution in [0.15, 0.2) is 48.5 Å². The molecule has 1 unspecified atom stereocenters. The molecule has 2 N–H and O–H groups in total. The first-order chi connectivity index (χ1) is 11.1. The molecule has 23 heavy (non-hydrogen) atoms. The van der Waals surface area contributed by atoms with Gasteiger partial charge in [0.05, 0.1) is 10.7 Å². The molecule has 0 spiro atoms. The zero-order chi connectivity index (χ0) is 16.7. The molecule has 1 amide bonds. The van der Waals surface area contributed by atoms with E-state index in [1.54, 1.807) is 24.3 Å². The third-order valence-electron chi connectivity index (χ3n) is 3.25. The average Bonchev–Trinajstić information content (AvgIpc) is 2.54. The third-order valence-corrected chi connectivity index (χ3v) is 3.57. The zero-order valence-electron chi connectivity index (χ0n) is 12.8. The van der Waals surface area contributed by atoms with Crippen LogP contribution in [-0.2, 0) is 4.79 Å². The Bertz CT molecular complexity index is 651. The summed E-state index contributed by atoms with van der Waals surface area (Å²) in [6, 6.07) is 14.4. The van der Waals surface area contributed by atoms with Crippen LogP contribution >= 0.6 is 11.6 Å². The van der Waals surface area contributed by atoms with E-state index >= 15 is 0 Å². The Morgan fingerprint density at radius 2 is 2.09 bits per heavy atom. The number of aliphatic hydroxyl groups excluding tert-OH is 1. The largest absolute Gasteiger partial charge is 0.491 e. The Kier molecular flexibility index (Phi) is 6.26. The molecular weight excluding hydrogens is 316 g/mol. The quantitative estimate of drug-likeness (QED) is 0.729. The summed E-state index contributed by atoms with van der Waals surface area (Å²) in [5, 5.41) is 13.3. The van der Waals surface area contributed by atoms with Gasteiger partial charge in [-0.1, -0.05) is 29.8 Å². The van der Waals surface area contributed by atoms with Crippen molar-refractivity contribution < 1.29 is 14.6 Å². The van der Waals surface area contributed by atoms with E-state index < -0.39 is 6.10 Å². The van der Waals surface area contributed by atoms with Crippen LogP contribution in [-0.4, -0.2) is 37.8 Å². The predicted molar refractivity (Wildman–Crippen MR) is 92.4 cm³/mol. The minimum atomic E-state index is -0.682. The molecule has 0 fully saturated rings. The number of ether oxygens (including phenoxy) is 1. The molecule has 0 saturated heterocycles. The van der Waals surface area contributed by atoms with Crippen molar-refractivity contribution in [1.82, 2.24) is 0 Å². The lowest BCUT2D eigenvalue weighted by atomic mass is 10.2. The van der Waals surface area contributed by atoms with Gasteiger partial charge in [0.25, 0.3) is 0 Å². The van der Waals surface area contributed by atoms with Crippen molar-refractivity contribution in [3.8, 4) is 5.75 Å². The van der Waals surface area contributed by atoms with Crippen LogP contribution in [0, 0.1) is 0 Å². The second kappa shape index (κ2) is 8.41. The number of likely N-dealkylation sites (N-methyl/N-ethyl adjacent to an activating group) is 1. The molecule has 0 radical (unpaired) electrons. The number of anilines is 2. The van der Waals surface area contributed by atoms with E-state index in [-0.39, 0.29) is 6.61 Å². The summed E-state index contributed by atoms with van der Waals surface area (Å²) in [4.78, 5) is 12.3. The van der Waals surface area contributed by atoms with Crippen molar-refractivity contribution in [2.45, 2.75) is 6.10 Å². The van der Waals surface area contributed by atoms with Crippen LogP contribution in [0.5, 0.6) is 5.75 Å². The molecule has 2 aromatic carbocycles. The highest BCUT2D eigenvalue weighted by Gasteiger charge is 2.12. The first kappa shape index (κ1) is 17.1. The SMILES string of the molecule is CN(CC(O)COc1cccc(NC=O)c1)c1ccccc1Cl. The fraction of sp³-hybridized carbons (Fsp3) is 0.235. The maximum atomic E-state index is 10.4. The molecule has 122 valence electrons. The summed E-state index contributed by atoms with van der Waals surface area (Å²) in [6.45, 7) is 0.523. The highest BCUT2D eigenvalue weighted by Crippen LogP contribution is 2.24. The van der Waals surface area contributed by atoms with Gasteiger partial charge in [-0.2, -0.15) is 0 Å². The Labute approximate surface area is 140 Å². The number of carbonyl (C=O) groups is 1. The summed E-state index contributed by atoms with van der Waals surface area (Å²) in [5.74, 6) is 0.580. The van der Waals surface area contributed by atoms with E-state index in [9.17, 15) is 9.90 Å². The molecule has 5 nitrogen and oxygen atoms in total. The third kappa shape index (κ3) is 5.16. The number of nitrogens with zero attached hydrogens (tertiary/aromatic N) is 1. The van der Waals surface area contributed by atoms with Crippen molar-refractivity contribution in [1.29, 1.82) is 0 Å². The Balaban J connectivity index is 1.87. The lowest BCUT2D eigenvalue weighted by molar-refractivity contribution is -0.105. The van der Waals surface area contributed by atoms with Gasteiger partial charge >= 0.3 is 0 Å². The second-order valence-corrected chi connectivity index (χ2v) is 5.49. The number of para-hydroxylation sites is 1. The van der Waals surface area contributed by atoms with Crippen molar-refractivity contribution in [3.05, 3.63) is 53.6 Å². The number of nitrogens with one attached hydrogen (secondary N) is 1. The topological polar surface area (TPSA) is 61.8 Å². The van der Waals surface area contributed by atoms with Crippen LogP contribution in [0.4, 0.5) is 11.4 Å². The fourth-order valence-electron chi connectivity index (χ4n) is 2.16. The number of benzene rings is 2. The predicted octanol–water partition coefficient (Wildman–Crippen LogP) is 2.78. The molecular formula is C17H19ClN2O3. The van der Waals surface area contributed by atoms with Crippen LogP contribution in [0.25, 0.3) is 0 Å². The number of halogens is 1. The molecule has 0 bridgehead atoms. The average molecular weight is 335 g/mol. The first-order valence-electron chi connectivity index (χ1n) is 7.17. The summed E-state index contributed by atoms with van der Waals surface area (Å²) in [7, 11) is 1.86. The van der Waals surface area contributed by atoms with Crippen molar-refractivity contribution in [2.24, 2.45) is 0 Å². The van der Waals surface area contributed by atoms with Gasteiger partial charge in [-0.25, -0.2) is 0 Å². The lowest BCUT2D eigenvalue weighted by Gasteiger charge is -2.23. The van der Waals surface area contributed by atoms with Crippen molar-refractivity contribution in [2.75, 3.05) is 30.4 Å². The van der Waals surface area contributed by atoms with Crippen LogP contribution in [0.1, 0.15) is 0 Å². The molecule has 1 atom stereocenters. The summed E-state index contributed by atoms with van der Waals surface area (Å²) in [5.41, 5.74) is 1.49.